The molecule has 2 aromatic rings. The molecule has 3 N–H and O–H groups in total. The van der Waals surface area contributed by atoms with Crippen molar-refractivity contribution in [1.82, 2.24) is 10.2 Å². The summed E-state index contributed by atoms with van der Waals surface area (Å²) in [4.78, 5) is 26.4. The van der Waals surface area contributed by atoms with Crippen LogP contribution >= 0.6 is 12.4 Å². The molecule has 5 nitrogen and oxygen atoms in total. The molecule has 1 aliphatic heterocycles. The summed E-state index contributed by atoms with van der Waals surface area (Å²) < 4.78 is 0. The first-order valence-corrected chi connectivity index (χ1v) is 8.76. The quantitative estimate of drug-likeness (QED) is 0.843. The number of hydrogen-bond donors (Lipinski definition) is 2. The summed E-state index contributed by atoms with van der Waals surface area (Å²) in [5, 5.41) is 4.98. The van der Waals surface area contributed by atoms with Crippen LogP contribution in [0.5, 0.6) is 0 Å². The lowest BCUT2D eigenvalue weighted by atomic mass is 9.90. The zero-order valence-electron chi connectivity index (χ0n) is 15.0. The number of nitrogens with two attached hydrogens (primary N) is 1. The summed E-state index contributed by atoms with van der Waals surface area (Å²) in [5.41, 5.74) is 6.42. The zero-order chi connectivity index (χ0) is 17.9. The Morgan fingerprint density at radius 2 is 1.92 bits per heavy atom. The number of benzene rings is 2. The van der Waals surface area contributed by atoms with E-state index < -0.39 is 0 Å². The molecule has 0 bridgehead atoms. The molecule has 140 valence electrons. The van der Waals surface area contributed by atoms with Gasteiger partial charge in [0.15, 0.2) is 0 Å². The van der Waals surface area contributed by atoms with Crippen molar-refractivity contribution in [3.05, 3.63) is 48.0 Å². The second-order valence-electron chi connectivity index (χ2n) is 7.15. The number of carbonyl (C=O) groups is 2. The normalized spacial score (nSPS) is 19.2. The smallest absolute Gasteiger partial charge is 0.251 e. The molecule has 1 heterocycles. The summed E-state index contributed by atoms with van der Waals surface area (Å²) in [5.74, 6) is -0.0669. The third-order valence-electron chi connectivity index (χ3n) is 5.04. The van der Waals surface area contributed by atoms with Gasteiger partial charge in [-0.25, -0.2) is 0 Å². The van der Waals surface area contributed by atoms with E-state index in [9.17, 15) is 9.59 Å². The number of nitrogens with one attached hydrogen (secondary N) is 1. The Morgan fingerprint density at radius 1 is 1.19 bits per heavy atom. The first kappa shape index (κ1) is 20.2. The summed E-state index contributed by atoms with van der Waals surface area (Å²) >= 11 is 0. The summed E-state index contributed by atoms with van der Waals surface area (Å²) in [6.45, 7) is 4.52. The summed E-state index contributed by atoms with van der Waals surface area (Å²) in [6.07, 6.45) is 1.26. The van der Waals surface area contributed by atoms with E-state index >= 15 is 0 Å². The lowest BCUT2D eigenvalue weighted by molar-refractivity contribution is -0.130. The topological polar surface area (TPSA) is 75.4 Å². The highest BCUT2D eigenvalue weighted by Gasteiger charge is 2.34. The van der Waals surface area contributed by atoms with Gasteiger partial charge in [0.05, 0.1) is 0 Å². The molecule has 26 heavy (non-hydrogen) atoms. The van der Waals surface area contributed by atoms with Crippen molar-refractivity contribution in [2.75, 3.05) is 26.2 Å². The van der Waals surface area contributed by atoms with E-state index in [4.69, 9.17) is 5.73 Å². The minimum Gasteiger partial charge on any atom is -0.352 e. The minimum atomic E-state index is -0.147. The van der Waals surface area contributed by atoms with Gasteiger partial charge in [-0.05, 0) is 41.3 Å². The van der Waals surface area contributed by atoms with Crippen LogP contribution in [-0.4, -0.2) is 42.9 Å². The van der Waals surface area contributed by atoms with Gasteiger partial charge in [0, 0.05) is 31.6 Å². The van der Waals surface area contributed by atoms with E-state index in [1.807, 2.05) is 47.4 Å². The molecular weight excluding hydrogens is 350 g/mol. The third-order valence-corrected chi connectivity index (χ3v) is 5.04. The van der Waals surface area contributed by atoms with Crippen LogP contribution in [0.1, 0.15) is 30.1 Å². The van der Waals surface area contributed by atoms with Crippen molar-refractivity contribution in [2.24, 2.45) is 11.1 Å². The minimum absolute atomic E-state index is 0. The molecule has 1 unspecified atom stereocenters. The number of fused-ring (bicyclic) bond motifs is 1. The second kappa shape index (κ2) is 8.52. The van der Waals surface area contributed by atoms with Gasteiger partial charge < -0.3 is 16.0 Å². The second-order valence-corrected chi connectivity index (χ2v) is 7.15. The van der Waals surface area contributed by atoms with Gasteiger partial charge in [-0.2, -0.15) is 0 Å². The van der Waals surface area contributed by atoms with Crippen molar-refractivity contribution < 1.29 is 9.59 Å². The van der Waals surface area contributed by atoms with Crippen molar-refractivity contribution in [3.63, 3.8) is 0 Å². The van der Waals surface area contributed by atoms with Crippen LogP contribution in [0.4, 0.5) is 0 Å². The van der Waals surface area contributed by atoms with Crippen LogP contribution in [0.2, 0.25) is 0 Å². The van der Waals surface area contributed by atoms with Gasteiger partial charge in [-0.1, -0.05) is 37.3 Å². The molecule has 0 saturated carbocycles. The average molecular weight is 376 g/mol. The van der Waals surface area contributed by atoms with E-state index in [-0.39, 0.29) is 29.6 Å². The summed E-state index contributed by atoms with van der Waals surface area (Å²) in [7, 11) is 0. The SMILES string of the molecule is CC1(CN)CCN(C(=O)CCNC(=O)c2ccc3ccccc3c2)C1.Cl. The van der Waals surface area contributed by atoms with E-state index in [1.165, 1.54) is 0 Å². The standard InChI is InChI=1S/C20H25N3O2.ClH/c1-20(13-21)9-11-23(14-20)18(24)8-10-22-19(25)17-7-6-15-4-2-3-5-16(15)12-17;/h2-7,12H,8-11,13-14,21H2,1H3,(H,22,25);1H. The molecule has 2 amide bonds. The molecule has 6 heteroatoms. The fraction of sp³-hybridized carbons (Fsp3) is 0.400. The fourth-order valence-electron chi connectivity index (χ4n) is 3.28. The Morgan fingerprint density at radius 3 is 2.62 bits per heavy atom. The van der Waals surface area contributed by atoms with Gasteiger partial charge in [0.25, 0.3) is 5.91 Å². The highest BCUT2D eigenvalue weighted by atomic mass is 35.5. The van der Waals surface area contributed by atoms with Gasteiger partial charge in [-0.15, -0.1) is 12.4 Å². The molecule has 3 rings (SSSR count). The number of amides is 2. The number of rotatable bonds is 5. The third kappa shape index (κ3) is 4.54. The van der Waals surface area contributed by atoms with Crippen LogP contribution in [0.15, 0.2) is 42.5 Å². The van der Waals surface area contributed by atoms with Crippen LogP contribution in [0.25, 0.3) is 10.8 Å². The van der Waals surface area contributed by atoms with Crippen molar-refractivity contribution in [3.8, 4) is 0 Å². The van der Waals surface area contributed by atoms with E-state index in [0.717, 1.165) is 23.7 Å². The van der Waals surface area contributed by atoms with Crippen molar-refractivity contribution >= 4 is 35.0 Å². The number of halogens is 1. The Bertz CT molecular complexity index is 795. The fourth-order valence-corrected chi connectivity index (χ4v) is 3.28. The van der Waals surface area contributed by atoms with Crippen LogP contribution < -0.4 is 11.1 Å². The Hall–Kier alpha value is -2.11. The summed E-state index contributed by atoms with van der Waals surface area (Å²) in [6, 6.07) is 13.5. The molecule has 0 aliphatic carbocycles. The molecule has 1 fully saturated rings. The van der Waals surface area contributed by atoms with Gasteiger partial charge >= 0.3 is 0 Å². The highest BCUT2D eigenvalue weighted by Crippen LogP contribution is 2.28. The lowest BCUT2D eigenvalue weighted by Gasteiger charge is -2.22. The van der Waals surface area contributed by atoms with E-state index in [2.05, 4.69) is 12.2 Å². The Kier molecular flexibility index (Phi) is 6.62. The zero-order valence-corrected chi connectivity index (χ0v) is 15.8. The predicted molar refractivity (Wildman–Crippen MR) is 107 cm³/mol. The molecular formula is C20H26ClN3O2. The first-order valence-electron chi connectivity index (χ1n) is 8.76. The van der Waals surface area contributed by atoms with Crippen LogP contribution in [0, 0.1) is 5.41 Å². The largest absolute Gasteiger partial charge is 0.352 e. The van der Waals surface area contributed by atoms with Gasteiger partial charge in [0.2, 0.25) is 5.91 Å². The maximum absolute atomic E-state index is 12.3. The predicted octanol–water partition coefficient (Wildman–Crippen LogP) is 2.58. The van der Waals surface area contributed by atoms with Gasteiger partial charge in [0.1, 0.15) is 0 Å². The number of nitrogens with zero attached hydrogens (tertiary/aromatic N) is 1. The maximum atomic E-state index is 12.3. The Labute approximate surface area is 160 Å². The number of likely N-dealkylation sites (tertiary alicyclic amines) is 1. The molecule has 1 aliphatic rings. The van der Waals surface area contributed by atoms with Crippen LogP contribution in [-0.2, 0) is 4.79 Å². The molecule has 0 spiro atoms. The Balaban J connectivity index is 0.00000243. The van der Waals surface area contributed by atoms with E-state index in [1.54, 1.807) is 0 Å². The number of carbonyl (C=O) groups excluding carboxylic acids is 2. The number of hydrogen-bond acceptors (Lipinski definition) is 3. The monoisotopic (exact) mass is 375 g/mol. The van der Waals surface area contributed by atoms with Crippen LogP contribution in [0.3, 0.4) is 0 Å². The highest BCUT2D eigenvalue weighted by molar-refractivity contribution is 5.98. The first-order chi connectivity index (χ1) is 12.0. The molecule has 0 radical (unpaired) electrons. The molecule has 0 aromatic heterocycles. The van der Waals surface area contributed by atoms with Gasteiger partial charge in [-0.3, -0.25) is 9.59 Å². The average Bonchev–Trinajstić information content (AvgIpc) is 3.04. The van der Waals surface area contributed by atoms with E-state index in [0.29, 0.717) is 31.6 Å². The maximum Gasteiger partial charge on any atom is 0.251 e. The molecule has 1 saturated heterocycles. The van der Waals surface area contributed by atoms with Crippen molar-refractivity contribution in [2.45, 2.75) is 19.8 Å². The lowest BCUT2D eigenvalue weighted by Crippen LogP contribution is -2.36. The van der Waals surface area contributed by atoms with Crippen molar-refractivity contribution in [1.29, 1.82) is 0 Å². The molecule has 1 atom stereocenters. The molecule has 2 aromatic carbocycles.